The highest BCUT2D eigenvalue weighted by atomic mass is 32.1. The maximum atomic E-state index is 4.70. The molecule has 0 saturated carbocycles. The molecule has 0 atom stereocenters. The third-order valence-corrected chi connectivity index (χ3v) is 4.18. The molecule has 0 radical (unpaired) electrons. The van der Waals surface area contributed by atoms with E-state index in [1.165, 1.54) is 47.8 Å². The van der Waals surface area contributed by atoms with Crippen LogP contribution in [-0.2, 0) is 19.4 Å². The highest BCUT2D eigenvalue weighted by Crippen LogP contribution is 2.23. The van der Waals surface area contributed by atoms with Crippen molar-refractivity contribution in [3.05, 3.63) is 39.6 Å². The number of aryl methyl sites for hydroxylation is 2. The number of rotatable bonds is 2. The fourth-order valence-corrected chi connectivity index (χ4v) is 3.20. The van der Waals surface area contributed by atoms with Crippen LogP contribution in [0.25, 0.3) is 0 Å². The minimum absolute atomic E-state index is 1.01. The number of imidazole rings is 1. The fraction of sp³-hybridized carbons (Fsp3) is 0.462. The minimum atomic E-state index is 1.01. The lowest BCUT2D eigenvalue weighted by Crippen LogP contribution is -2.09. The highest BCUT2D eigenvalue weighted by molar-refractivity contribution is 7.09. The Morgan fingerprint density at radius 2 is 2.25 bits per heavy atom. The first-order chi connectivity index (χ1) is 7.84. The first kappa shape index (κ1) is 10.1. The number of thiophene rings is 1. The van der Waals surface area contributed by atoms with Crippen LogP contribution in [0.3, 0.4) is 0 Å². The fourth-order valence-electron chi connectivity index (χ4n) is 2.50. The van der Waals surface area contributed by atoms with E-state index >= 15 is 0 Å². The largest absolute Gasteiger partial charge is 0.327 e. The van der Waals surface area contributed by atoms with Crippen molar-refractivity contribution in [2.24, 2.45) is 0 Å². The van der Waals surface area contributed by atoms with Gasteiger partial charge >= 0.3 is 0 Å². The molecule has 0 bridgehead atoms. The molecule has 0 aliphatic heterocycles. The third kappa shape index (κ3) is 1.69. The van der Waals surface area contributed by atoms with Crippen molar-refractivity contribution >= 4 is 11.3 Å². The standard InChI is InChI=1S/C13H16N2S/c1-10-14-12-6-2-3-7-13(12)15(10)9-11-5-4-8-16-11/h4-5,8H,2-3,6-7,9H2,1H3. The van der Waals surface area contributed by atoms with E-state index in [0.717, 1.165) is 6.54 Å². The summed E-state index contributed by atoms with van der Waals surface area (Å²) in [4.78, 5) is 6.12. The normalized spacial score (nSPS) is 15.1. The van der Waals surface area contributed by atoms with Crippen LogP contribution >= 0.6 is 11.3 Å². The van der Waals surface area contributed by atoms with E-state index in [-0.39, 0.29) is 0 Å². The molecule has 0 spiro atoms. The first-order valence-corrected chi connectivity index (χ1v) is 6.80. The monoisotopic (exact) mass is 232 g/mol. The van der Waals surface area contributed by atoms with Crippen LogP contribution < -0.4 is 0 Å². The molecule has 0 saturated heterocycles. The SMILES string of the molecule is Cc1nc2c(n1Cc1cccs1)CCCC2. The van der Waals surface area contributed by atoms with E-state index in [1.807, 2.05) is 11.3 Å². The van der Waals surface area contributed by atoms with Crippen LogP contribution in [0, 0.1) is 6.92 Å². The molecule has 2 aromatic heterocycles. The first-order valence-electron chi connectivity index (χ1n) is 5.92. The molecule has 1 aliphatic rings. The number of fused-ring (bicyclic) bond motifs is 1. The topological polar surface area (TPSA) is 17.8 Å². The number of hydrogen-bond donors (Lipinski definition) is 0. The predicted molar refractivity (Wildman–Crippen MR) is 67.0 cm³/mol. The second kappa shape index (κ2) is 4.06. The van der Waals surface area contributed by atoms with Crippen molar-refractivity contribution in [1.82, 2.24) is 9.55 Å². The minimum Gasteiger partial charge on any atom is -0.327 e. The molecule has 0 unspecified atom stereocenters. The average Bonchev–Trinajstić information content (AvgIpc) is 2.89. The molecule has 2 aromatic rings. The van der Waals surface area contributed by atoms with E-state index in [4.69, 9.17) is 4.98 Å². The second-order valence-electron chi connectivity index (χ2n) is 4.43. The van der Waals surface area contributed by atoms with Crippen molar-refractivity contribution in [2.45, 2.75) is 39.2 Å². The van der Waals surface area contributed by atoms with Crippen LogP contribution in [0.4, 0.5) is 0 Å². The van der Waals surface area contributed by atoms with Crippen molar-refractivity contribution in [2.75, 3.05) is 0 Å². The van der Waals surface area contributed by atoms with Gasteiger partial charge < -0.3 is 4.57 Å². The van der Waals surface area contributed by atoms with Gasteiger partial charge in [-0.2, -0.15) is 0 Å². The van der Waals surface area contributed by atoms with Gasteiger partial charge in [-0.05, 0) is 44.1 Å². The zero-order valence-corrected chi connectivity index (χ0v) is 10.4. The van der Waals surface area contributed by atoms with Gasteiger partial charge in [-0.25, -0.2) is 4.98 Å². The Balaban J connectivity index is 1.97. The summed E-state index contributed by atoms with van der Waals surface area (Å²) >= 11 is 1.83. The van der Waals surface area contributed by atoms with E-state index in [0.29, 0.717) is 0 Å². The Hall–Kier alpha value is -1.09. The van der Waals surface area contributed by atoms with Crippen molar-refractivity contribution in [3.63, 3.8) is 0 Å². The van der Waals surface area contributed by atoms with Crippen LogP contribution in [0.5, 0.6) is 0 Å². The van der Waals surface area contributed by atoms with E-state index in [9.17, 15) is 0 Å². The predicted octanol–water partition coefficient (Wildman–Crippen LogP) is 3.18. The van der Waals surface area contributed by atoms with Crippen molar-refractivity contribution in [1.29, 1.82) is 0 Å². The van der Waals surface area contributed by atoms with Gasteiger partial charge in [-0.3, -0.25) is 0 Å². The Morgan fingerprint density at radius 3 is 3.06 bits per heavy atom. The molecule has 3 heteroatoms. The van der Waals surface area contributed by atoms with Crippen molar-refractivity contribution < 1.29 is 0 Å². The molecular weight excluding hydrogens is 216 g/mol. The van der Waals surface area contributed by atoms with Crippen LogP contribution in [-0.4, -0.2) is 9.55 Å². The molecule has 2 nitrogen and oxygen atoms in total. The van der Waals surface area contributed by atoms with Gasteiger partial charge in [0.15, 0.2) is 0 Å². The number of nitrogens with zero attached hydrogens (tertiary/aromatic N) is 2. The third-order valence-electron chi connectivity index (χ3n) is 3.32. The summed E-state index contributed by atoms with van der Waals surface area (Å²) in [5.41, 5.74) is 2.83. The lowest BCUT2D eigenvalue weighted by molar-refractivity contribution is 0.626. The molecule has 84 valence electrons. The maximum absolute atomic E-state index is 4.70. The smallest absolute Gasteiger partial charge is 0.106 e. The summed E-state index contributed by atoms with van der Waals surface area (Å²) in [6.07, 6.45) is 5.01. The second-order valence-corrected chi connectivity index (χ2v) is 5.46. The molecule has 0 amide bonds. The van der Waals surface area contributed by atoms with Crippen molar-refractivity contribution in [3.8, 4) is 0 Å². The van der Waals surface area contributed by atoms with E-state index < -0.39 is 0 Å². The lowest BCUT2D eigenvalue weighted by Gasteiger charge is -2.14. The zero-order valence-electron chi connectivity index (χ0n) is 9.57. The van der Waals surface area contributed by atoms with Gasteiger partial charge in [0.1, 0.15) is 5.82 Å². The van der Waals surface area contributed by atoms with Gasteiger partial charge in [-0.15, -0.1) is 11.3 Å². The summed E-state index contributed by atoms with van der Waals surface area (Å²) in [6.45, 7) is 3.14. The summed E-state index contributed by atoms with van der Waals surface area (Å²) in [6, 6.07) is 4.33. The van der Waals surface area contributed by atoms with Gasteiger partial charge in [-0.1, -0.05) is 6.07 Å². The van der Waals surface area contributed by atoms with Gasteiger partial charge in [0, 0.05) is 10.6 Å². The average molecular weight is 232 g/mol. The molecule has 16 heavy (non-hydrogen) atoms. The van der Waals surface area contributed by atoms with Gasteiger partial charge in [0.25, 0.3) is 0 Å². The Bertz CT molecular complexity index is 482. The molecule has 0 fully saturated rings. The summed E-state index contributed by atoms with van der Waals surface area (Å²) in [5, 5.41) is 2.15. The van der Waals surface area contributed by atoms with Crippen LogP contribution in [0.2, 0.25) is 0 Å². The Kier molecular flexibility index (Phi) is 2.56. The summed E-state index contributed by atoms with van der Waals surface area (Å²) < 4.78 is 2.40. The van der Waals surface area contributed by atoms with Crippen LogP contribution in [0.1, 0.15) is 34.9 Å². The molecule has 2 heterocycles. The van der Waals surface area contributed by atoms with Gasteiger partial charge in [0.2, 0.25) is 0 Å². The van der Waals surface area contributed by atoms with Gasteiger partial charge in [0.05, 0.1) is 12.2 Å². The van der Waals surface area contributed by atoms with Crippen LogP contribution in [0.15, 0.2) is 17.5 Å². The quantitative estimate of drug-likeness (QED) is 0.777. The highest BCUT2D eigenvalue weighted by Gasteiger charge is 2.17. The van der Waals surface area contributed by atoms with E-state index in [1.54, 1.807) is 0 Å². The summed E-state index contributed by atoms with van der Waals surface area (Å²) in [5.74, 6) is 1.18. The molecule has 0 aromatic carbocycles. The summed E-state index contributed by atoms with van der Waals surface area (Å²) in [7, 11) is 0. The number of hydrogen-bond acceptors (Lipinski definition) is 2. The maximum Gasteiger partial charge on any atom is 0.106 e. The zero-order chi connectivity index (χ0) is 11.0. The lowest BCUT2D eigenvalue weighted by atomic mass is 10.0. The number of aromatic nitrogens is 2. The Labute approximate surface area is 100.0 Å². The molecule has 0 N–H and O–H groups in total. The molecular formula is C13H16N2S. The molecule has 3 rings (SSSR count). The van der Waals surface area contributed by atoms with E-state index in [2.05, 4.69) is 29.0 Å². The Morgan fingerprint density at radius 1 is 1.38 bits per heavy atom. The molecule has 1 aliphatic carbocycles.